The van der Waals surface area contributed by atoms with Gasteiger partial charge in [0.1, 0.15) is 5.82 Å². The van der Waals surface area contributed by atoms with Crippen molar-refractivity contribution in [2.75, 3.05) is 31.6 Å². The van der Waals surface area contributed by atoms with Crippen molar-refractivity contribution in [2.24, 2.45) is 12.0 Å². The maximum absolute atomic E-state index is 4.87. The second kappa shape index (κ2) is 12.0. The molecule has 0 aliphatic carbocycles. The summed E-state index contributed by atoms with van der Waals surface area (Å²) in [6, 6.07) is 8.51. The Morgan fingerprint density at radius 3 is 2.62 bits per heavy atom. The van der Waals surface area contributed by atoms with Crippen LogP contribution in [0.5, 0.6) is 0 Å². The van der Waals surface area contributed by atoms with Crippen LogP contribution in [0.25, 0.3) is 0 Å². The molecule has 1 N–H and O–H groups in total. The SMILES string of the molecule is CCNC(=NCc1ccnc(N2CCCCCC2)c1)N(C)Cc1cccn1C.I. The Kier molecular flexibility index (Phi) is 9.76. The number of pyridine rings is 1. The van der Waals surface area contributed by atoms with Crippen LogP contribution >= 0.6 is 24.0 Å². The quantitative estimate of drug-likeness (QED) is 0.363. The van der Waals surface area contributed by atoms with Crippen molar-refractivity contribution in [1.29, 1.82) is 0 Å². The minimum atomic E-state index is 0. The zero-order chi connectivity index (χ0) is 19.8. The van der Waals surface area contributed by atoms with Crippen molar-refractivity contribution in [3.63, 3.8) is 0 Å². The van der Waals surface area contributed by atoms with E-state index in [4.69, 9.17) is 4.99 Å². The fourth-order valence-corrected chi connectivity index (χ4v) is 3.65. The Balaban J connectivity index is 0.00000300. The van der Waals surface area contributed by atoms with Crippen LogP contribution in [0.1, 0.15) is 43.9 Å². The standard InChI is InChI=1S/C22H34N6.HI/c1-4-23-22(27(3)18-20-10-9-13-26(20)2)25-17-19-11-12-24-21(16-19)28-14-7-5-6-8-15-28;/h9-13,16H,4-8,14-15,17-18H2,1-3H3,(H,23,25);1H. The van der Waals surface area contributed by atoms with Crippen LogP contribution in [0.3, 0.4) is 0 Å². The molecule has 6 nitrogen and oxygen atoms in total. The van der Waals surface area contributed by atoms with E-state index in [0.29, 0.717) is 6.54 Å². The highest BCUT2D eigenvalue weighted by Crippen LogP contribution is 2.18. The minimum absolute atomic E-state index is 0. The molecule has 2 aromatic rings. The van der Waals surface area contributed by atoms with Crippen molar-refractivity contribution in [3.8, 4) is 0 Å². The van der Waals surface area contributed by atoms with E-state index in [1.807, 2.05) is 6.20 Å². The number of guanidine groups is 1. The van der Waals surface area contributed by atoms with Gasteiger partial charge in [-0.1, -0.05) is 12.8 Å². The number of hydrogen-bond acceptors (Lipinski definition) is 3. The van der Waals surface area contributed by atoms with Crippen LogP contribution in [0.4, 0.5) is 5.82 Å². The number of nitrogens with zero attached hydrogens (tertiary/aromatic N) is 5. The first kappa shape index (κ1) is 23.5. The fraction of sp³-hybridized carbons (Fsp3) is 0.545. The molecule has 3 rings (SSSR count). The zero-order valence-corrected chi connectivity index (χ0v) is 20.3. The molecule has 0 saturated carbocycles. The zero-order valence-electron chi connectivity index (χ0n) is 18.0. The molecule has 1 aliphatic heterocycles. The summed E-state index contributed by atoms with van der Waals surface area (Å²) in [5, 5.41) is 3.41. The number of anilines is 1. The van der Waals surface area contributed by atoms with Gasteiger partial charge >= 0.3 is 0 Å². The second-order valence-electron chi connectivity index (χ2n) is 7.56. The molecular weight excluding hydrogens is 475 g/mol. The van der Waals surface area contributed by atoms with Crippen LogP contribution in [0, 0.1) is 0 Å². The van der Waals surface area contributed by atoms with Crippen LogP contribution in [0.2, 0.25) is 0 Å². The Morgan fingerprint density at radius 1 is 1.21 bits per heavy atom. The third kappa shape index (κ3) is 6.90. The summed E-state index contributed by atoms with van der Waals surface area (Å²) < 4.78 is 2.15. The average Bonchev–Trinajstić information content (AvgIpc) is 2.95. The molecule has 0 atom stereocenters. The third-order valence-electron chi connectivity index (χ3n) is 5.30. The van der Waals surface area contributed by atoms with E-state index in [-0.39, 0.29) is 24.0 Å². The molecule has 0 unspecified atom stereocenters. The lowest BCUT2D eigenvalue weighted by Gasteiger charge is -2.23. The lowest BCUT2D eigenvalue weighted by molar-refractivity contribution is 0.462. The molecule has 7 heteroatoms. The maximum Gasteiger partial charge on any atom is 0.194 e. The fourth-order valence-electron chi connectivity index (χ4n) is 3.65. The molecule has 0 bridgehead atoms. The first-order valence-corrected chi connectivity index (χ1v) is 10.5. The van der Waals surface area contributed by atoms with Gasteiger partial charge in [0.15, 0.2) is 5.96 Å². The van der Waals surface area contributed by atoms with E-state index in [9.17, 15) is 0 Å². The second-order valence-corrected chi connectivity index (χ2v) is 7.56. The maximum atomic E-state index is 4.87. The molecule has 1 saturated heterocycles. The molecular formula is C22H35IN6. The van der Waals surface area contributed by atoms with Gasteiger partial charge in [-0.3, -0.25) is 0 Å². The molecule has 29 heavy (non-hydrogen) atoms. The highest BCUT2D eigenvalue weighted by molar-refractivity contribution is 14.0. The van der Waals surface area contributed by atoms with E-state index >= 15 is 0 Å². The predicted octanol–water partition coefficient (Wildman–Crippen LogP) is 4.02. The summed E-state index contributed by atoms with van der Waals surface area (Å²) >= 11 is 0. The Morgan fingerprint density at radius 2 is 1.97 bits per heavy atom. The number of hydrogen-bond donors (Lipinski definition) is 1. The molecule has 0 amide bonds. The lowest BCUT2D eigenvalue weighted by atomic mass is 10.2. The van der Waals surface area contributed by atoms with Gasteiger partial charge < -0.3 is 19.7 Å². The number of halogens is 1. The van der Waals surface area contributed by atoms with Crippen LogP contribution < -0.4 is 10.2 Å². The monoisotopic (exact) mass is 510 g/mol. The van der Waals surface area contributed by atoms with E-state index in [1.54, 1.807) is 0 Å². The van der Waals surface area contributed by atoms with Crippen LogP contribution in [0.15, 0.2) is 41.7 Å². The number of nitrogens with one attached hydrogen (secondary N) is 1. The Labute approximate surface area is 192 Å². The largest absolute Gasteiger partial charge is 0.357 e. The molecule has 0 spiro atoms. The summed E-state index contributed by atoms with van der Waals surface area (Å²) in [6.07, 6.45) is 9.19. The van der Waals surface area contributed by atoms with Gasteiger partial charge in [-0.15, -0.1) is 24.0 Å². The van der Waals surface area contributed by atoms with Gasteiger partial charge in [0.2, 0.25) is 0 Å². The van der Waals surface area contributed by atoms with Gasteiger partial charge in [-0.25, -0.2) is 9.98 Å². The van der Waals surface area contributed by atoms with Gasteiger partial charge in [-0.05, 0) is 49.6 Å². The molecule has 0 aromatic carbocycles. The Hall–Kier alpha value is -1.77. The minimum Gasteiger partial charge on any atom is -0.357 e. The molecule has 2 aromatic heterocycles. The topological polar surface area (TPSA) is 48.7 Å². The summed E-state index contributed by atoms with van der Waals surface area (Å²) in [5.41, 5.74) is 2.47. The summed E-state index contributed by atoms with van der Waals surface area (Å²) in [6.45, 7) is 6.67. The first-order chi connectivity index (χ1) is 13.7. The third-order valence-corrected chi connectivity index (χ3v) is 5.30. The molecule has 1 aliphatic rings. The molecule has 0 radical (unpaired) electrons. The predicted molar refractivity (Wildman–Crippen MR) is 132 cm³/mol. The first-order valence-electron chi connectivity index (χ1n) is 10.5. The van der Waals surface area contributed by atoms with Gasteiger partial charge in [0.25, 0.3) is 0 Å². The summed E-state index contributed by atoms with van der Waals surface area (Å²) in [5.74, 6) is 2.02. The highest BCUT2D eigenvalue weighted by Gasteiger charge is 2.12. The smallest absolute Gasteiger partial charge is 0.194 e. The average molecular weight is 510 g/mol. The summed E-state index contributed by atoms with van der Waals surface area (Å²) in [4.78, 5) is 14.1. The normalized spacial score (nSPS) is 14.9. The van der Waals surface area contributed by atoms with E-state index in [1.165, 1.54) is 36.9 Å². The number of aromatic nitrogens is 2. The van der Waals surface area contributed by atoms with Crippen molar-refractivity contribution < 1.29 is 0 Å². The number of aryl methyl sites for hydroxylation is 1. The van der Waals surface area contributed by atoms with Crippen molar-refractivity contribution in [2.45, 2.75) is 45.7 Å². The van der Waals surface area contributed by atoms with E-state index in [2.05, 4.69) is 76.1 Å². The van der Waals surface area contributed by atoms with Crippen LogP contribution in [-0.4, -0.2) is 47.1 Å². The lowest BCUT2D eigenvalue weighted by Crippen LogP contribution is -2.38. The van der Waals surface area contributed by atoms with Crippen molar-refractivity contribution in [1.82, 2.24) is 19.8 Å². The van der Waals surface area contributed by atoms with Gasteiger partial charge in [0.05, 0.1) is 13.1 Å². The molecule has 3 heterocycles. The number of rotatable bonds is 6. The van der Waals surface area contributed by atoms with E-state index < -0.39 is 0 Å². The Bertz CT molecular complexity index is 764. The number of aliphatic imine (C=N–C) groups is 1. The van der Waals surface area contributed by atoms with E-state index in [0.717, 1.165) is 38.0 Å². The van der Waals surface area contributed by atoms with Gasteiger partial charge in [0, 0.05) is 51.8 Å². The van der Waals surface area contributed by atoms with Gasteiger partial charge in [-0.2, -0.15) is 0 Å². The summed E-state index contributed by atoms with van der Waals surface area (Å²) in [7, 11) is 4.16. The van der Waals surface area contributed by atoms with Crippen LogP contribution in [-0.2, 0) is 20.1 Å². The van der Waals surface area contributed by atoms with Crippen molar-refractivity contribution >= 4 is 35.8 Å². The van der Waals surface area contributed by atoms with Crippen molar-refractivity contribution in [3.05, 3.63) is 47.9 Å². The highest BCUT2D eigenvalue weighted by atomic mass is 127. The molecule has 160 valence electrons. The molecule has 1 fully saturated rings.